The van der Waals surface area contributed by atoms with Crippen LogP contribution >= 0.6 is 0 Å². The first-order chi connectivity index (χ1) is 10.3. The van der Waals surface area contributed by atoms with Gasteiger partial charge >= 0.3 is 6.43 Å². The molecule has 1 aromatic heterocycles. The topological polar surface area (TPSA) is 94.3 Å². The van der Waals surface area contributed by atoms with Crippen molar-refractivity contribution < 1.29 is 26.5 Å². The third-order valence-electron chi connectivity index (χ3n) is 2.76. The van der Waals surface area contributed by atoms with Crippen LogP contribution in [0.15, 0.2) is 27.6 Å². The molecule has 120 valence electrons. The largest absolute Gasteiger partial charge is 0.497 e. The Kier molecular flexibility index (Phi) is 4.71. The van der Waals surface area contributed by atoms with Crippen LogP contribution in [0.2, 0.25) is 0 Å². The fraction of sp³-hybridized carbons (Fsp3) is 0.333. The number of nitrogens with zero attached hydrogens (tertiary/aromatic N) is 2. The molecule has 2 rings (SSSR count). The Bertz CT molecular complexity index is 761. The molecule has 0 aliphatic rings. The van der Waals surface area contributed by atoms with Gasteiger partial charge in [0.1, 0.15) is 5.75 Å². The van der Waals surface area contributed by atoms with Crippen LogP contribution in [0.5, 0.6) is 5.75 Å². The number of aromatic nitrogens is 2. The van der Waals surface area contributed by atoms with Crippen molar-refractivity contribution in [1.82, 2.24) is 14.9 Å². The molecule has 0 aliphatic heterocycles. The second-order valence-corrected chi connectivity index (χ2v) is 6.04. The second kappa shape index (κ2) is 6.36. The third kappa shape index (κ3) is 3.57. The van der Waals surface area contributed by atoms with Crippen molar-refractivity contribution in [2.24, 2.45) is 0 Å². The summed E-state index contributed by atoms with van der Waals surface area (Å²) in [5.41, 5.74) is 0.477. The van der Waals surface area contributed by atoms with Crippen LogP contribution in [-0.4, -0.2) is 25.7 Å². The summed E-state index contributed by atoms with van der Waals surface area (Å²) in [6.07, 6.45) is -2.88. The number of benzene rings is 1. The molecule has 0 fully saturated rings. The second-order valence-electron chi connectivity index (χ2n) is 4.30. The first-order valence-corrected chi connectivity index (χ1v) is 7.56. The standard InChI is InChI=1S/C12H13F2N3O4S/c1-7-5-8(20-2)3-4-9(7)22(18,19)15-6-10-16-12(11(13)14)17-21-10/h3-5,11,15H,6H2,1-2H3. The molecule has 7 nitrogen and oxygen atoms in total. The average molecular weight is 333 g/mol. The molecule has 10 heteroatoms. The lowest BCUT2D eigenvalue weighted by Crippen LogP contribution is -2.24. The maximum atomic E-state index is 12.3. The van der Waals surface area contributed by atoms with E-state index >= 15 is 0 Å². The normalized spacial score (nSPS) is 11.9. The van der Waals surface area contributed by atoms with Gasteiger partial charge < -0.3 is 9.26 Å². The predicted molar refractivity (Wildman–Crippen MR) is 71.0 cm³/mol. The lowest BCUT2D eigenvalue weighted by atomic mass is 10.2. The van der Waals surface area contributed by atoms with Gasteiger partial charge in [-0.2, -0.15) is 4.98 Å². The molecule has 0 aliphatic carbocycles. The van der Waals surface area contributed by atoms with Gasteiger partial charge in [-0.25, -0.2) is 21.9 Å². The first kappa shape index (κ1) is 16.3. The van der Waals surface area contributed by atoms with E-state index in [1.165, 1.54) is 19.2 Å². The SMILES string of the molecule is COc1ccc(S(=O)(=O)NCc2nc(C(F)F)no2)c(C)c1. The van der Waals surface area contributed by atoms with E-state index in [1.807, 2.05) is 0 Å². The molecule has 2 aromatic rings. The van der Waals surface area contributed by atoms with E-state index in [0.29, 0.717) is 11.3 Å². The smallest absolute Gasteiger partial charge is 0.300 e. The summed E-state index contributed by atoms with van der Waals surface area (Å²) in [6.45, 7) is 1.23. The van der Waals surface area contributed by atoms with E-state index in [9.17, 15) is 17.2 Å². The van der Waals surface area contributed by atoms with E-state index in [0.717, 1.165) is 0 Å². The van der Waals surface area contributed by atoms with Gasteiger partial charge in [0, 0.05) is 0 Å². The Balaban J connectivity index is 2.13. The minimum atomic E-state index is -3.85. The van der Waals surface area contributed by atoms with Crippen LogP contribution in [0, 0.1) is 6.92 Å². The molecule has 1 heterocycles. The van der Waals surface area contributed by atoms with Crippen LogP contribution in [0.3, 0.4) is 0 Å². The summed E-state index contributed by atoms with van der Waals surface area (Å²) in [7, 11) is -2.38. The van der Waals surface area contributed by atoms with Crippen molar-refractivity contribution in [2.45, 2.75) is 24.8 Å². The van der Waals surface area contributed by atoms with E-state index in [-0.39, 0.29) is 17.3 Å². The van der Waals surface area contributed by atoms with Crippen molar-refractivity contribution in [3.63, 3.8) is 0 Å². The molecule has 22 heavy (non-hydrogen) atoms. The van der Waals surface area contributed by atoms with Crippen molar-refractivity contribution in [3.05, 3.63) is 35.5 Å². The molecule has 1 aromatic carbocycles. The van der Waals surface area contributed by atoms with Crippen LogP contribution in [0.4, 0.5) is 8.78 Å². The number of aryl methyl sites for hydroxylation is 1. The van der Waals surface area contributed by atoms with Gasteiger partial charge in [-0.1, -0.05) is 5.16 Å². The number of ether oxygens (including phenoxy) is 1. The molecule has 0 amide bonds. The van der Waals surface area contributed by atoms with Crippen LogP contribution < -0.4 is 9.46 Å². The molecule has 0 radical (unpaired) electrons. The van der Waals surface area contributed by atoms with Gasteiger partial charge in [-0.3, -0.25) is 0 Å². The maximum absolute atomic E-state index is 12.3. The number of rotatable bonds is 6. The number of hydrogen-bond acceptors (Lipinski definition) is 6. The van der Waals surface area contributed by atoms with E-state index < -0.39 is 22.3 Å². The zero-order valence-corrected chi connectivity index (χ0v) is 12.5. The van der Waals surface area contributed by atoms with Gasteiger partial charge in [0.15, 0.2) is 0 Å². The average Bonchev–Trinajstić information content (AvgIpc) is 2.94. The Hall–Kier alpha value is -2.07. The van der Waals surface area contributed by atoms with E-state index in [2.05, 4.69) is 19.4 Å². The fourth-order valence-electron chi connectivity index (χ4n) is 1.71. The number of alkyl halides is 2. The molecule has 0 spiro atoms. The van der Waals surface area contributed by atoms with Crippen LogP contribution in [0.1, 0.15) is 23.7 Å². The molecular weight excluding hydrogens is 320 g/mol. The molecule has 0 bridgehead atoms. The zero-order chi connectivity index (χ0) is 16.3. The molecule has 0 unspecified atom stereocenters. The van der Waals surface area contributed by atoms with Crippen molar-refractivity contribution in [2.75, 3.05) is 7.11 Å². The molecule has 1 N–H and O–H groups in total. The third-order valence-corrected chi connectivity index (χ3v) is 4.33. The summed E-state index contributed by atoms with van der Waals surface area (Å²) in [5.74, 6) is -0.505. The highest BCUT2D eigenvalue weighted by Gasteiger charge is 2.20. The highest BCUT2D eigenvalue weighted by molar-refractivity contribution is 7.89. The summed E-state index contributed by atoms with van der Waals surface area (Å²) in [4.78, 5) is 3.43. The lowest BCUT2D eigenvalue weighted by molar-refractivity contribution is 0.136. The molecule has 0 saturated carbocycles. The minimum Gasteiger partial charge on any atom is -0.497 e. The quantitative estimate of drug-likeness (QED) is 0.866. The number of halogens is 2. The van der Waals surface area contributed by atoms with E-state index in [1.54, 1.807) is 13.0 Å². The van der Waals surface area contributed by atoms with Crippen LogP contribution in [-0.2, 0) is 16.6 Å². The van der Waals surface area contributed by atoms with Gasteiger partial charge in [0.25, 0.3) is 0 Å². The Morgan fingerprint density at radius 3 is 2.68 bits per heavy atom. The van der Waals surface area contributed by atoms with Gasteiger partial charge in [0.05, 0.1) is 18.6 Å². The Morgan fingerprint density at radius 1 is 1.41 bits per heavy atom. The highest BCUT2D eigenvalue weighted by atomic mass is 32.2. The van der Waals surface area contributed by atoms with Crippen molar-refractivity contribution >= 4 is 10.0 Å². The Labute approximate surface area is 125 Å². The summed E-state index contributed by atoms with van der Waals surface area (Å²) < 4.78 is 60.7. The van der Waals surface area contributed by atoms with Crippen molar-refractivity contribution in [3.8, 4) is 5.75 Å². The van der Waals surface area contributed by atoms with E-state index in [4.69, 9.17) is 4.74 Å². The fourth-order valence-corrected chi connectivity index (χ4v) is 2.91. The summed E-state index contributed by atoms with van der Waals surface area (Å²) in [5, 5.41) is 3.04. The number of sulfonamides is 1. The van der Waals surface area contributed by atoms with Gasteiger partial charge in [0.2, 0.25) is 21.7 Å². The maximum Gasteiger partial charge on any atom is 0.300 e. The summed E-state index contributed by atoms with van der Waals surface area (Å²) in [6, 6.07) is 4.45. The number of methoxy groups -OCH3 is 1. The minimum absolute atomic E-state index is 0.0434. The molecule has 0 atom stereocenters. The number of nitrogens with one attached hydrogen (secondary N) is 1. The molecular formula is C12H13F2N3O4S. The number of hydrogen-bond donors (Lipinski definition) is 1. The van der Waals surface area contributed by atoms with Gasteiger partial charge in [-0.15, -0.1) is 0 Å². The predicted octanol–water partition coefficient (Wildman–Crippen LogP) is 1.80. The lowest BCUT2D eigenvalue weighted by Gasteiger charge is -2.09. The summed E-state index contributed by atoms with van der Waals surface area (Å²) >= 11 is 0. The highest BCUT2D eigenvalue weighted by Crippen LogP contribution is 2.21. The first-order valence-electron chi connectivity index (χ1n) is 6.08. The van der Waals surface area contributed by atoms with Crippen molar-refractivity contribution in [1.29, 1.82) is 0 Å². The molecule has 0 saturated heterocycles. The van der Waals surface area contributed by atoms with Crippen LogP contribution in [0.25, 0.3) is 0 Å². The monoisotopic (exact) mass is 333 g/mol. The Morgan fingerprint density at radius 2 is 2.14 bits per heavy atom. The zero-order valence-electron chi connectivity index (χ0n) is 11.7. The van der Waals surface area contributed by atoms with Gasteiger partial charge in [-0.05, 0) is 30.7 Å².